The number of nitrogens with zero attached hydrogens (tertiary/aromatic N) is 2. The molecule has 1 aromatic heterocycles. The van der Waals surface area contributed by atoms with Crippen LogP contribution in [0.4, 0.5) is 0 Å². The Morgan fingerprint density at radius 2 is 1.81 bits per heavy atom. The third-order valence-corrected chi connectivity index (χ3v) is 6.66. The van der Waals surface area contributed by atoms with E-state index in [1.54, 1.807) is 55.5 Å². The molecule has 0 bridgehead atoms. The molecule has 9 heteroatoms. The molecule has 1 unspecified atom stereocenters. The Balaban J connectivity index is 1.98. The number of benzene rings is 2. The Kier molecular flexibility index (Phi) is 6.08. The van der Waals surface area contributed by atoms with Crippen LogP contribution in [0.1, 0.15) is 24.1 Å². The average Bonchev–Trinajstić information content (AvgIpc) is 3.04. The second kappa shape index (κ2) is 8.63. The highest BCUT2D eigenvalue weighted by atomic mass is 35.5. The number of esters is 1. The summed E-state index contributed by atoms with van der Waals surface area (Å²) in [6.07, 6.45) is 1.69. The minimum absolute atomic E-state index is 0.288. The van der Waals surface area contributed by atoms with Crippen molar-refractivity contribution in [3.63, 3.8) is 0 Å². The smallest absolute Gasteiger partial charge is 0.338 e. The van der Waals surface area contributed by atoms with Crippen molar-refractivity contribution in [2.75, 3.05) is 7.11 Å². The molecule has 1 aliphatic rings. The molecule has 158 valence electrons. The van der Waals surface area contributed by atoms with Gasteiger partial charge in [-0.1, -0.05) is 64.3 Å². The first-order valence-electron chi connectivity index (χ1n) is 9.11. The van der Waals surface area contributed by atoms with Gasteiger partial charge in [0.1, 0.15) is 0 Å². The topological polar surface area (TPSA) is 60.7 Å². The van der Waals surface area contributed by atoms with Crippen molar-refractivity contribution in [3.8, 4) is 0 Å². The molecule has 0 spiro atoms. The summed E-state index contributed by atoms with van der Waals surface area (Å²) in [5, 5.41) is 1.48. The van der Waals surface area contributed by atoms with Crippen LogP contribution in [-0.4, -0.2) is 17.6 Å². The number of hydrogen-bond donors (Lipinski definition) is 0. The molecule has 0 N–H and O–H groups in total. The number of allylic oxidation sites excluding steroid dienone is 1. The molecule has 0 fully saturated rings. The summed E-state index contributed by atoms with van der Waals surface area (Å²) in [5.74, 6) is -0.545. The molecule has 0 saturated carbocycles. The summed E-state index contributed by atoms with van der Waals surface area (Å²) in [5.41, 5.74) is 1.88. The molecule has 31 heavy (non-hydrogen) atoms. The Morgan fingerprint density at radius 1 is 1.13 bits per heavy atom. The van der Waals surface area contributed by atoms with E-state index in [1.807, 2.05) is 0 Å². The minimum Gasteiger partial charge on any atom is -0.466 e. The van der Waals surface area contributed by atoms with E-state index < -0.39 is 12.0 Å². The fraction of sp³-hybridized carbons (Fsp3) is 0.136. The predicted molar refractivity (Wildman–Crippen MR) is 124 cm³/mol. The lowest BCUT2D eigenvalue weighted by atomic mass is 9.96. The van der Waals surface area contributed by atoms with Gasteiger partial charge in [-0.15, -0.1) is 0 Å². The highest BCUT2D eigenvalue weighted by molar-refractivity contribution is 7.07. The molecule has 0 amide bonds. The lowest BCUT2D eigenvalue weighted by molar-refractivity contribution is -0.136. The van der Waals surface area contributed by atoms with Crippen LogP contribution >= 0.6 is 46.1 Å². The monoisotopic (exact) mass is 492 g/mol. The average molecular weight is 494 g/mol. The van der Waals surface area contributed by atoms with Crippen LogP contribution in [0.15, 0.2) is 63.5 Å². The van der Waals surface area contributed by atoms with Gasteiger partial charge in [0.15, 0.2) is 4.80 Å². The summed E-state index contributed by atoms with van der Waals surface area (Å²) in [6.45, 7) is 1.72. The second-order valence-corrected chi connectivity index (χ2v) is 9.08. The number of thiazole rings is 1. The standard InChI is InChI=1S/C22H15Cl3N2O3S/c1-11-18(21(29)30-2)19(12-3-6-14(23)7-4-12)27-20(28)17(31-22(27)26-11)9-13-5-8-15(24)10-16(13)25/h3-10,19H,1-2H3. The van der Waals surface area contributed by atoms with E-state index in [2.05, 4.69) is 4.99 Å². The van der Waals surface area contributed by atoms with Crippen LogP contribution in [0.3, 0.4) is 0 Å². The Morgan fingerprint density at radius 3 is 2.45 bits per heavy atom. The number of carbonyl (C=O) groups excluding carboxylic acids is 1. The Bertz CT molecular complexity index is 1410. The molecular formula is C22H15Cl3N2O3S. The number of aromatic nitrogens is 1. The fourth-order valence-electron chi connectivity index (χ4n) is 3.41. The Labute approximate surface area is 196 Å². The van der Waals surface area contributed by atoms with Crippen LogP contribution in [-0.2, 0) is 9.53 Å². The largest absolute Gasteiger partial charge is 0.466 e. The van der Waals surface area contributed by atoms with Crippen LogP contribution < -0.4 is 14.9 Å². The van der Waals surface area contributed by atoms with Gasteiger partial charge in [0.2, 0.25) is 0 Å². The van der Waals surface area contributed by atoms with E-state index in [9.17, 15) is 9.59 Å². The van der Waals surface area contributed by atoms with Gasteiger partial charge in [-0.2, -0.15) is 0 Å². The highest BCUT2D eigenvalue weighted by Gasteiger charge is 2.33. The van der Waals surface area contributed by atoms with E-state index in [1.165, 1.54) is 23.0 Å². The Hall–Kier alpha value is -2.38. The van der Waals surface area contributed by atoms with Gasteiger partial charge < -0.3 is 4.74 Å². The fourth-order valence-corrected chi connectivity index (χ4v) is 5.04. The summed E-state index contributed by atoms with van der Waals surface area (Å²) in [7, 11) is 1.30. The van der Waals surface area contributed by atoms with E-state index in [-0.39, 0.29) is 5.56 Å². The lowest BCUT2D eigenvalue weighted by Crippen LogP contribution is -2.39. The number of carbonyl (C=O) groups is 1. The van der Waals surface area contributed by atoms with Gasteiger partial charge in [0.05, 0.1) is 29.0 Å². The summed E-state index contributed by atoms with van der Waals surface area (Å²) in [4.78, 5) is 31.0. The van der Waals surface area contributed by atoms with Gasteiger partial charge in [0, 0.05) is 15.1 Å². The molecular weight excluding hydrogens is 479 g/mol. The molecule has 3 aromatic rings. The molecule has 4 rings (SSSR count). The third kappa shape index (κ3) is 4.08. The first kappa shape index (κ1) is 21.8. The van der Waals surface area contributed by atoms with E-state index in [0.717, 1.165) is 5.56 Å². The van der Waals surface area contributed by atoms with Crippen LogP contribution in [0.2, 0.25) is 15.1 Å². The molecule has 5 nitrogen and oxygen atoms in total. The third-order valence-electron chi connectivity index (χ3n) is 4.86. The zero-order valence-electron chi connectivity index (χ0n) is 16.4. The molecule has 0 saturated heterocycles. The van der Waals surface area contributed by atoms with Gasteiger partial charge in [-0.25, -0.2) is 9.79 Å². The first-order valence-corrected chi connectivity index (χ1v) is 11.1. The highest BCUT2D eigenvalue weighted by Crippen LogP contribution is 2.31. The number of fused-ring (bicyclic) bond motifs is 1. The van der Waals surface area contributed by atoms with Crippen molar-refractivity contribution in [2.24, 2.45) is 4.99 Å². The normalized spacial score (nSPS) is 16.2. The number of rotatable bonds is 3. The molecule has 2 aromatic carbocycles. The summed E-state index contributed by atoms with van der Waals surface area (Å²) >= 11 is 19.5. The lowest BCUT2D eigenvalue weighted by Gasteiger charge is -2.24. The summed E-state index contributed by atoms with van der Waals surface area (Å²) < 4.78 is 6.92. The second-order valence-electron chi connectivity index (χ2n) is 6.79. The SMILES string of the molecule is COC(=O)C1=C(C)N=c2sc(=Cc3ccc(Cl)cc3Cl)c(=O)n2C1c1ccc(Cl)cc1. The number of halogens is 3. The number of methoxy groups -OCH3 is 1. The predicted octanol–water partition coefficient (Wildman–Crippen LogP) is 4.37. The van der Waals surface area contributed by atoms with Crippen LogP contribution in [0, 0.1) is 0 Å². The molecule has 1 atom stereocenters. The van der Waals surface area contributed by atoms with Crippen molar-refractivity contribution < 1.29 is 9.53 Å². The maximum atomic E-state index is 13.4. The summed E-state index contributed by atoms with van der Waals surface area (Å²) in [6, 6.07) is 11.3. The van der Waals surface area contributed by atoms with Gasteiger partial charge >= 0.3 is 5.97 Å². The first-order chi connectivity index (χ1) is 14.8. The molecule has 0 radical (unpaired) electrons. The van der Waals surface area contributed by atoms with Crippen molar-refractivity contribution in [1.82, 2.24) is 4.57 Å². The van der Waals surface area contributed by atoms with Crippen molar-refractivity contribution >= 4 is 58.2 Å². The number of ether oxygens (including phenoxy) is 1. The zero-order chi connectivity index (χ0) is 22.3. The maximum absolute atomic E-state index is 13.4. The van der Waals surface area contributed by atoms with Gasteiger partial charge in [-0.3, -0.25) is 9.36 Å². The molecule has 0 aliphatic carbocycles. The van der Waals surface area contributed by atoms with Crippen molar-refractivity contribution in [2.45, 2.75) is 13.0 Å². The van der Waals surface area contributed by atoms with Gasteiger partial charge in [0.25, 0.3) is 5.56 Å². The van der Waals surface area contributed by atoms with Crippen LogP contribution in [0.25, 0.3) is 6.08 Å². The zero-order valence-corrected chi connectivity index (χ0v) is 19.4. The van der Waals surface area contributed by atoms with E-state index in [4.69, 9.17) is 39.5 Å². The van der Waals surface area contributed by atoms with E-state index >= 15 is 0 Å². The number of hydrogen-bond acceptors (Lipinski definition) is 5. The minimum atomic E-state index is -0.691. The molecule has 1 aliphatic heterocycles. The van der Waals surface area contributed by atoms with Crippen LogP contribution in [0.5, 0.6) is 0 Å². The van der Waals surface area contributed by atoms with Gasteiger partial charge in [-0.05, 0) is 48.4 Å². The van der Waals surface area contributed by atoms with Crippen molar-refractivity contribution in [3.05, 3.63) is 99.6 Å². The quantitative estimate of drug-likeness (QED) is 0.509. The maximum Gasteiger partial charge on any atom is 0.338 e. The van der Waals surface area contributed by atoms with E-state index in [0.29, 0.717) is 41.2 Å². The molecule has 2 heterocycles. The van der Waals surface area contributed by atoms with Crippen molar-refractivity contribution in [1.29, 1.82) is 0 Å².